The number of aromatic nitrogens is 1. The largest absolute Gasteiger partial charge is 0.467 e. The molecule has 0 aliphatic heterocycles. The molecule has 0 saturated heterocycles. The van der Waals surface area contributed by atoms with Gasteiger partial charge in [-0.25, -0.2) is 0 Å². The zero-order valence-electron chi connectivity index (χ0n) is 10.5. The van der Waals surface area contributed by atoms with E-state index in [0.29, 0.717) is 18.8 Å². The first kappa shape index (κ1) is 12.8. The first-order valence-corrected chi connectivity index (χ1v) is 6.16. The summed E-state index contributed by atoms with van der Waals surface area (Å²) in [5.74, 6) is 0.583. The number of nitrogens with one attached hydrogen (secondary N) is 1. The molecular weight excluding hydrogens is 228 g/mol. The molecule has 0 aliphatic rings. The van der Waals surface area contributed by atoms with Crippen molar-refractivity contribution >= 4 is 0 Å². The van der Waals surface area contributed by atoms with Crippen LogP contribution in [0.1, 0.15) is 30.0 Å². The number of aliphatic hydroxyl groups is 1. The number of pyridine rings is 1. The lowest BCUT2D eigenvalue weighted by Gasteiger charge is -2.11. The Balaban J connectivity index is 1.85. The fourth-order valence-electron chi connectivity index (χ4n) is 1.86. The maximum absolute atomic E-state index is 9.84. The minimum absolute atomic E-state index is 0.452. The molecule has 96 valence electrons. The smallest absolute Gasteiger partial charge is 0.133 e. The van der Waals surface area contributed by atoms with Crippen molar-refractivity contribution in [3.63, 3.8) is 0 Å². The van der Waals surface area contributed by atoms with Gasteiger partial charge in [0.15, 0.2) is 0 Å². The summed E-state index contributed by atoms with van der Waals surface area (Å²) >= 11 is 0. The van der Waals surface area contributed by atoms with Crippen LogP contribution in [0.3, 0.4) is 0 Å². The Morgan fingerprint density at radius 1 is 1.39 bits per heavy atom. The number of furan rings is 1. The highest BCUT2D eigenvalue weighted by Crippen LogP contribution is 2.12. The van der Waals surface area contributed by atoms with Crippen molar-refractivity contribution in [2.45, 2.75) is 26.0 Å². The van der Waals surface area contributed by atoms with E-state index >= 15 is 0 Å². The van der Waals surface area contributed by atoms with Crippen LogP contribution in [-0.2, 0) is 13.0 Å². The Hall–Kier alpha value is -1.65. The van der Waals surface area contributed by atoms with Crippen LogP contribution in [0.5, 0.6) is 0 Å². The average molecular weight is 246 g/mol. The maximum atomic E-state index is 9.84. The van der Waals surface area contributed by atoms with E-state index in [0.717, 1.165) is 12.1 Å². The lowest BCUT2D eigenvalue weighted by Crippen LogP contribution is -2.22. The molecule has 2 heterocycles. The summed E-state index contributed by atoms with van der Waals surface area (Å²) in [5, 5.41) is 13.0. The molecule has 0 amide bonds. The van der Waals surface area contributed by atoms with Gasteiger partial charge in [-0.15, -0.1) is 0 Å². The molecule has 2 N–H and O–H groups in total. The second kappa shape index (κ2) is 6.33. The van der Waals surface area contributed by atoms with Crippen molar-refractivity contribution in [2.24, 2.45) is 0 Å². The van der Waals surface area contributed by atoms with Crippen LogP contribution >= 0.6 is 0 Å². The fraction of sp³-hybridized carbons (Fsp3) is 0.357. The normalized spacial score (nSPS) is 12.6. The molecule has 18 heavy (non-hydrogen) atoms. The Labute approximate surface area is 107 Å². The Morgan fingerprint density at radius 3 is 3.00 bits per heavy atom. The topological polar surface area (TPSA) is 58.3 Å². The van der Waals surface area contributed by atoms with Gasteiger partial charge in [0.1, 0.15) is 11.9 Å². The van der Waals surface area contributed by atoms with Gasteiger partial charge in [0.25, 0.3) is 0 Å². The molecule has 0 spiro atoms. The van der Waals surface area contributed by atoms with E-state index in [1.165, 1.54) is 5.56 Å². The van der Waals surface area contributed by atoms with Crippen LogP contribution < -0.4 is 5.32 Å². The zero-order valence-corrected chi connectivity index (χ0v) is 10.5. The molecule has 4 heteroatoms. The van der Waals surface area contributed by atoms with Gasteiger partial charge in [-0.3, -0.25) is 4.98 Å². The summed E-state index contributed by atoms with van der Waals surface area (Å²) in [6.07, 6.45) is 3.70. The third-order valence-electron chi connectivity index (χ3n) is 2.87. The van der Waals surface area contributed by atoms with E-state index in [4.69, 9.17) is 4.42 Å². The monoisotopic (exact) mass is 246 g/mol. The molecule has 4 nitrogen and oxygen atoms in total. The van der Waals surface area contributed by atoms with Crippen LogP contribution in [0.15, 0.2) is 41.1 Å². The van der Waals surface area contributed by atoms with E-state index < -0.39 is 6.10 Å². The van der Waals surface area contributed by atoms with Crippen molar-refractivity contribution in [1.29, 1.82) is 0 Å². The Kier molecular flexibility index (Phi) is 4.50. The summed E-state index contributed by atoms with van der Waals surface area (Å²) < 4.78 is 5.14. The van der Waals surface area contributed by atoms with E-state index in [2.05, 4.69) is 23.3 Å². The van der Waals surface area contributed by atoms with Gasteiger partial charge in [0.2, 0.25) is 0 Å². The molecule has 2 aromatic heterocycles. The fourth-order valence-corrected chi connectivity index (χ4v) is 1.86. The van der Waals surface area contributed by atoms with Crippen molar-refractivity contribution < 1.29 is 9.52 Å². The van der Waals surface area contributed by atoms with Gasteiger partial charge >= 0.3 is 0 Å². The molecule has 0 saturated carbocycles. The predicted molar refractivity (Wildman–Crippen MR) is 69.0 cm³/mol. The highest BCUT2D eigenvalue weighted by Gasteiger charge is 2.10. The molecule has 1 unspecified atom stereocenters. The molecule has 0 aliphatic carbocycles. The number of rotatable bonds is 6. The lowest BCUT2D eigenvalue weighted by molar-refractivity contribution is 0.147. The minimum Gasteiger partial charge on any atom is -0.467 e. The number of hydrogen-bond acceptors (Lipinski definition) is 4. The van der Waals surface area contributed by atoms with Gasteiger partial charge in [-0.2, -0.15) is 0 Å². The third kappa shape index (κ3) is 3.18. The van der Waals surface area contributed by atoms with E-state index in [9.17, 15) is 5.11 Å². The molecule has 0 fully saturated rings. The van der Waals surface area contributed by atoms with Gasteiger partial charge in [-0.05, 0) is 30.2 Å². The van der Waals surface area contributed by atoms with Crippen LogP contribution in [-0.4, -0.2) is 16.6 Å². The highest BCUT2D eigenvalue weighted by molar-refractivity contribution is 5.19. The lowest BCUT2D eigenvalue weighted by atomic mass is 10.1. The van der Waals surface area contributed by atoms with Gasteiger partial charge in [0, 0.05) is 19.3 Å². The van der Waals surface area contributed by atoms with Crippen LogP contribution in [0.25, 0.3) is 0 Å². The molecule has 2 rings (SSSR count). The Morgan fingerprint density at radius 2 is 2.28 bits per heavy atom. The zero-order chi connectivity index (χ0) is 12.8. The summed E-state index contributed by atoms with van der Waals surface area (Å²) in [4.78, 5) is 4.34. The molecule has 0 aromatic carbocycles. The quantitative estimate of drug-likeness (QED) is 0.819. The van der Waals surface area contributed by atoms with Crippen LogP contribution in [0.2, 0.25) is 0 Å². The third-order valence-corrected chi connectivity index (χ3v) is 2.87. The highest BCUT2D eigenvalue weighted by atomic mass is 16.4. The van der Waals surface area contributed by atoms with Crippen molar-refractivity contribution in [3.8, 4) is 0 Å². The molecular formula is C14H18N2O2. The van der Waals surface area contributed by atoms with Crippen LogP contribution in [0, 0.1) is 0 Å². The molecule has 2 aromatic rings. The molecule has 0 radical (unpaired) electrons. The second-order valence-electron chi connectivity index (χ2n) is 4.12. The van der Waals surface area contributed by atoms with Gasteiger partial charge < -0.3 is 14.8 Å². The van der Waals surface area contributed by atoms with E-state index in [-0.39, 0.29) is 0 Å². The van der Waals surface area contributed by atoms with Crippen molar-refractivity contribution in [1.82, 2.24) is 10.3 Å². The van der Waals surface area contributed by atoms with Crippen molar-refractivity contribution in [2.75, 3.05) is 6.54 Å². The standard InChI is InChI=1S/C14H18N2O2/c1-2-11-5-3-7-16-12(11)9-15-10-13(17)14-6-4-8-18-14/h3-8,13,15,17H,2,9-10H2,1H3. The first-order chi connectivity index (χ1) is 8.81. The number of aryl methyl sites for hydroxylation is 1. The SMILES string of the molecule is CCc1cccnc1CNCC(O)c1ccco1. The minimum atomic E-state index is -0.617. The van der Waals surface area contributed by atoms with Gasteiger partial charge in [0.05, 0.1) is 12.0 Å². The first-order valence-electron chi connectivity index (χ1n) is 6.16. The average Bonchev–Trinajstić information content (AvgIpc) is 2.93. The van der Waals surface area contributed by atoms with Gasteiger partial charge in [-0.1, -0.05) is 13.0 Å². The number of aliphatic hydroxyl groups excluding tert-OH is 1. The summed E-state index contributed by atoms with van der Waals surface area (Å²) in [6.45, 7) is 3.22. The Bertz CT molecular complexity index is 468. The number of hydrogen-bond donors (Lipinski definition) is 2. The summed E-state index contributed by atoms with van der Waals surface area (Å²) in [6, 6.07) is 7.56. The maximum Gasteiger partial charge on any atom is 0.133 e. The predicted octanol–water partition coefficient (Wildman–Crippen LogP) is 2.06. The van der Waals surface area contributed by atoms with Crippen LogP contribution in [0.4, 0.5) is 0 Å². The second-order valence-corrected chi connectivity index (χ2v) is 4.12. The number of nitrogens with zero attached hydrogens (tertiary/aromatic N) is 1. The van der Waals surface area contributed by atoms with Crippen molar-refractivity contribution in [3.05, 3.63) is 53.7 Å². The molecule has 0 bridgehead atoms. The van der Waals surface area contributed by atoms with E-state index in [1.54, 1.807) is 24.6 Å². The summed E-state index contributed by atoms with van der Waals surface area (Å²) in [5.41, 5.74) is 2.27. The summed E-state index contributed by atoms with van der Waals surface area (Å²) in [7, 11) is 0. The van der Waals surface area contributed by atoms with E-state index in [1.807, 2.05) is 6.07 Å². The molecule has 1 atom stereocenters.